The van der Waals surface area contributed by atoms with E-state index in [1.807, 2.05) is 0 Å². The van der Waals surface area contributed by atoms with Crippen molar-refractivity contribution in [1.29, 1.82) is 0 Å². The summed E-state index contributed by atoms with van der Waals surface area (Å²) in [5, 5.41) is 8.88. The third-order valence-corrected chi connectivity index (χ3v) is 3.84. The van der Waals surface area contributed by atoms with Gasteiger partial charge in [-0.25, -0.2) is 4.79 Å². The Labute approximate surface area is 120 Å². The Balaban J connectivity index is 2.03. The van der Waals surface area contributed by atoms with Crippen molar-refractivity contribution < 1.29 is 23.1 Å². The number of amides is 1. The average molecular weight is 299 g/mol. The minimum absolute atomic E-state index is 0.109. The van der Waals surface area contributed by atoms with Crippen molar-refractivity contribution in [2.45, 2.75) is 19.0 Å². The molecule has 1 aromatic rings. The van der Waals surface area contributed by atoms with Crippen LogP contribution in [0, 0.1) is 5.92 Å². The Hall–Kier alpha value is -1.98. The van der Waals surface area contributed by atoms with Crippen molar-refractivity contribution >= 4 is 11.7 Å². The van der Waals surface area contributed by atoms with Crippen LogP contribution in [0.5, 0.6) is 0 Å². The zero-order chi connectivity index (χ0) is 15.6. The minimum atomic E-state index is -4.34. The van der Waals surface area contributed by atoms with Crippen LogP contribution in [0.25, 0.3) is 5.57 Å². The monoisotopic (exact) mass is 299 g/mol. The molecule has 0 spiro atoms. The maximum absolute atomic E-state index is 12.5. The number of likely N-dealkylation sites (tertiary alicyclic amines) is 1. The molecule has 1 N–H and O–H groups in total. The fraction of sp³-hybridized carbons (Fsp3) is 0.400. The fourth-order valence-corrected chi connectivity index (χ4v) is 2.53. The summed E-state index contributed by atoms with van der Waals surface area (Å²) in [4.78, 5) is 12.2. The maximum Gasteiger partial charge on any atom is 0.416 e. The molecule has 1 aliphatic heterocycles. The van der Waals surface area contributed by atoms with Crippen molar-refractivity contribution in [3.63, 3.8) is 0 Å². The van der Waals surface area contributed by atoms with Crippen molar-refractivity contribution in [3.05, 3.63) is 42.0 Å². The maximum atomic E-state index is 12.5. The average Bonchev–Trinajstić information content (AvgIpc) is 2.46. The van der Waals surface area contributed by atoms with Crippen LogP contribution in [0.4, 0.5) is 18.0 Å². The first-order valence-corrected chi connectivity index (χ1v) is 6.63. The van der Waals surface area contributed by atoms with Crippen LogP contribution in [0.15, 0.2) is 30.8 Å². The lowest BCUT2D eigenvalue weighted by molar-refractivity contribution is -0.137. The molecule has 21 heavy (non-hydrogen) atoms. The molecule has 0 bridgehead atoms. The quantitative estimate of drug-likeness (QED) is 0.892. The molecule has 0 aliphatic carbocycles. The van der Waals surface area contributed by atoms with E-state index in [4.69, 9.17) is 5.11 Å². The predicted molar refractivity (Wildman–Crippen MR) is 72.8 cm³/mol. The van der Waals surface area contributed by atoms with Gasteiger partial charge in [-0.1, -0.05) is 18.7 Å². The molecule has 6 heteroatoms. The molecule has 1 heterocycles. The van der Waals surface area contributed by atoms with Crippen LogP contribution in [0.3, 0.4) is 0 Å². The number of carbonyl (C=O) groups is 1. The summed E-state index contributed by atoms with van der Waals surface area (Å²) in [6.07, 6.45) is -3.99. The van der Waals surface area contributed by atoms with Crippen molar-refractivity contribution in [2.75, 3.05) is 13.1 Å². The topological polar surface area (TPSA) is 40.5 Å². The van der Waals surface area contributed by atoms with Gasteiger partial charge in [-0.3, -0.25) is 0 Å². The smallest absolute Gasteiger partial charge is 0.416 e. The second-order valence-corrected chi connectivity index (χ2v) is 5.14. The Kier molecular flexibility index (Phi) is 4.25. The third-order valence-electron chi connectivity index (χ3n) is 3.84. The van der Waals surface area contributed by atoms with Crippen LogP contribution in [-0.2, 0) is 6.18 Å². The Morgan fingerprint density at radius 2 is 1.71 bits per heavy atom. The van der Waals surface area contributed by atoms with Crippen LogP contribution in [0.2, 0.25) is 0 Å². The summed E-state index contributed by atoms with van der Waals surface area (Å²) in [5.41, 5.74) is 0.769. The van der Waals surface area contributed by atoms with Gasteiger partial charge < -0.3 is 10.0 Å². The van der Waals surface area contributed by atoms with Crippen molar-refractivity contribution in [2.24, 2.45) is 5.92 Å². The van der Waals surface area contributed by atoms with E-state index in [1.165, 1.54) is 17.0 Å². The van der Waals surface area contributed by atoms with E-state index in [9.17, 15) is 18.0 Å². The van der Waals surface area contributed by atoms with E-state index < -0.39 is 17.8 Å². The van der Waals surface area contributed by atoms with E-state index in [2.05, 4.69) is 6.58 Å². The minimum Gasteiger partial charge on any atom is -0.465 e. The number of hydrogen-bond donors (Lipinski definition) is 1. The van der Waals surface area contributed by atoms with E-state index in [1.54, 1.807) is 0 Å². The fourth-order valence-electron chi connectivity index (χ4n) is 2.53. The van der Waals surface area contributed by atoms with E-state index in [-0.39, 0.29) is 5.92 Å². The normalized spacial score (nSPS) is 16.8. The first-order valence-electron chi connectivity index (χ1n) is 6.63. The second kappa shape index (κ2) is 5.79. The predicted octanol–water partition coefficient (Wildman–Crippen LogP) is 4.11. The number of rotatable bonds is 2. The number of piperidine rings is 1. The third kappa shape index (κ3) is 3.56. The molecular formula is C15H16F3NO2. The van der Waals surface area contributed by atoms with Crippen LogP contribution >= 0.6 is 0 Å². The summed E-state index contributed by atoms with van der Waals surface area (Å²) >= 11 is 0. The summed E-state index contributed by atoms with van der Waals surface area (Å²) in [6, 6.07) is 4.95. The summed E-state index contributed by atoms with van der Waals surface area (Å²) in [5.74, 6) is 0.109. The summed E-state index contributed by atoms with van der Waals surface area (Å²) in [7, 11) is 0. The highest BCUT2D eigenvalue weighted by atomic mass is 19.4. The largest absolute Gasteiger partial charge is 0.465 e. The molecule has 0 atom stereocenters. The number of nitrogens with zero attached hydrogens (tertiary/aromatic N) is 1. The van der Waals surface area contributed by atoms with Gasteiger partial charge in [-0.15, -0.1) is 0 Å². The molecule has 0 unspecified atom stereocenters. The standard InChI is InChI=1S/C15H16F3NO2/c1-10(12-6-8-19(9-7-12)14(20)21)11-2-4-13(5-3-11)15(16,17)18/h2-5,12H,1,6-9H2,(H,20,21). The molecule has 1 aliphatic rings. The Bertz CT molecular complexity index is 529. The van der Waals surface area contributed by atoms with Gasteiger partial charge >= 0.3 is 12.3 Å². The number of alkyl halides is 3. The van der Waals surface area contributed by atoms with Gasteiger partial charge in [-0.05, 0) is 42.0 Å². The molecule has 1 amide bonds. The molecule has 1 aromatic carbocycles. The number of benzene rings is 1. The van der Waals surface area contributed by atoms with Gasteiger partial charge in [0.25, 0.3) is 0 Å². The number of carboxylic acid groups (broad SMARTS) is 1. The van der Waals surface area contributed by atoms with Gasteiger partial charge in [0, 0.05) is 13.1 Å². The Morgan fingerprint density at radius 3 is 2.14 bits per heavy atom. The molecule has 114 valence electrons. The van der Waals surface area contributed by atoms with E-state index in [0.29, 0.717) is 31.5 Å². The molecule has 0 aromatic heterocycles. The highest BCUT2D eigenvalue weighted by Crippen LogP contribution is 2.33. The van der Waals surface area contributed by atoms with Gasteiger partial charge in [0.05, 0.1) is 5.56 Å². The lowest BCUT2D eigenvalue weighted by Gasteiger charge is -2.31. The molecule has 1 saturated heterocycles. The van der Waals surface area contributed by atoms with Crippen molar-refractivity contribution in [3.8, 4) is 0 Å². The highest BCUT2D eigenvalue weighted by molar-refractivity contribution is 5.67. The summed E-state index contributed by atoms with van der Waals surface area (Å²) in [6.45, 7) is 4.82. The van der Waals surface area contributed by atoms with Crippen LogP contribution < -0.4 is 0 Å². The SMILES string of the molecule is C=C(c1ccc(C(F)(F)F)cc1)C1CCN(C(=O)O)CC1. The lowest BCUT2D eigenvalue weighted by atomic mass is 9.86. The molecule has 3 nitrogen and oxygen atoms in total. The highest BCUT2D eigenvalue weighted by Gasteiger charge is 2.30. The lowest BCUT2D eigenvalue weighted by Crippen LogP contribution is -2.37. The zero-order valence-corrected chi connectivity index (χ0v) is 11.4. The first kappa shape index (κ1) is 15.4. The molecule has 1 fully saturated rings. The Morgan fingerprint density at radius 1 is 1.19 bits per heavy atom. The zero-order valence-electron chi connectivity index (χ0n) is 11.4. The molecule has 0 radical (unpaired) electrons. The van der Waals surface area contributed by atoms with Crippen LogP contribution in [0.1, 0.15) is 24.0 Å². The number of allylic oxidation sites excluding steroid dienone is 1. The first-order chi connectivity index (χ1) is 9.79. The van der Waals surface area contributed by atoms with E-state index in [0.717, 1.165) is 17.7 Å². The molecular weight excluding hydrogens is 283 g/mol. The molecule has 2 rings (SSSR count). The van der Waals surface area contributed by atoms with Crippen molar-refractivity contribution in [1.82, 2.24) is 4.90 Å². The van der Waals surface area contributed by atoms with Gasteiger partial charge in [0.15, 0.2) is 0 Å². The summed E-state index contributed by atoms with van der Waals surface area (Å²) < 4.78 is 37.5. The number of halogens is 3. The molecule has 0 saturated carbocycles. The van der Waals surface area contributed by atoms with Crippen LogP contribution in [-0.4, -0.2) is 29.2 Å². The van der Waals surface area contributed by atoms with Gasteiger partial charge in [-0.2, -0.15) is 13.2 Å². The van der Waals surface area contributed by atoms with Gasteiger partial charge in [0.2, 0.25) is 0 Å². The second-order valence-electron chi connectivity index (χ2n) is 5.14. The number of hydrogen-bond acceptors (Lipinski definition) is 1. The van der Waals surface area contributed by atoms with Gasteiger partial charge in [0.1, 0.15) is 0 Å². The van der Waals surface area contributed by atoms with E-state index >= 15 is 0 Å².